The third kappa shape index (κ3) is 6.65. The third-order valence-corrected chi connectivity index (χ3v) is 2.97. The highest BCUT2D eigenvalue weighted by Gasteiger charge is 2.07. The maximum Gasteiger partial charge on any atom is 0.306 e. The summed E-state index contributed by atoms with van der Waals surface area (Å²) in [6, 6.07) is 0. The molecule has 0 spiro atoms. The van der Waals surface area contributed by atoms with Gasteiger partial charge in [0.15, 0.2) is 0 Å². The molecule has 1 rings (SSSR count). The first-order valence-electron chi connectivity index (χ1n) is 6.63. The fraction of sp³-hybridized carbons (Fsp3) is 0.786. The molecule has 0 bridgehead atoms. The Hall–Kier alpha value is -0.790. The molecule has 16 heavy (non-hydrogen) atoms. The van der Waals surface area contributed by atoms with Crippen LogP contribution in [0.25, 0.3) is 0 Å². The van der Waals surface area contributed by atoms with Gasteiger partial charge in [-0.05, 0) is 26.2 Å². The maximum absolute atomic E-state index is 11.4. The molecule has 1 aliphatic rings. The molecule has 0 aromatic carbocycles. The Morgan fingerprint density at radius 1 is 1.06 bits per heavy atom. The van der Waals surface area contributed by atoms with Gasteiger partial charge in [-0.3, -0.25) is 4.79 Å². The van der Waals surface area contributed by atoms with Crippen molar-refractivity contribution in [3.63, 3.8) is 0 Å². The minimum absolute atomic E-state index is 0.0297. The van der Waals surface area contributed by atoms with E-state index in [-0.39, 0.29) is 12.1 Å². The Kier molecular flexibility index (Phi) is 6.95. The van der Waals surface area contributed by atoms with Crippen LogP contribution in [0.4, 0.5) is 0 Å². The summed E-state index contributed by atoms with van der Waals surface area (Å²) in [6.45, 7) is 1.97. The quantitative estimate of drug-likeness (QED) is 0.459. The standard InChI is InChI=1S/C14H24O2/c1-13-11-9-7-5-3-2-4-6-8-10-12-14(15)16-13/h7,9,13H,2-6,8,10-12H2,1H3/b9-7-/t13-/m0/s1. The first-order valence-corrected chi connectivity index (χ1v) is 6.63. The number of allylic oxidation sites excluding steroid dienone is 1. The molecule has 1 atom stereocenters. The molecule has 2 heteroatoms. The van der Waals surface area contributed by atoms with Gasteiger partial charge < -0.3 is 4.74 Å². The molecule has 0 unspecified atom stereocenters. The predicted molar refractivity (Wildman–Crippen MR) is 66.2 cm³/mol. The van der Waals surface area contributed by atoms with Gasteiger partial charge in [-0.1, -0.05) is 37.8 Å². The zero-order valence-corrected chi connectivity index (χ0v) is 10.4. The Balaban J connectivity index is 2.33. The Morgan fingerprint density at radius 3 is 2.56 bits per heavy atom. The van der Waals surface area contributed by atoms with Crippen LogP contribution in [0.15, 0.2) is 12.2 Å². The van der Waals surface area contributed by atoms with Crippen molar-refractivity contribution >= 4 is 5.97 Å². The van der Waals surface area contributed by atoms with Crippen molar-refractivity contribution in [3.8, 4) is 0 Å². The van der Waals surface area contributed by atoms with E-state index >= 15 is 0 Å². The number of carbonyl (C=O) groups excluding carboxylic acids is 1. The smallest absolute Gasteiger partial charge is 0.306 e. The second kappa shape index (κ2) is 8.37. The van der Waals surface area contributed by atoms with E-state index in [1.54, 1.807) is 0 Å². The summed E-state index contributed by atoms with van der Waals surface area (Å²) in [7, 11) is 0. The lowest BCUT2D eigenvalue weighted by Crippen LogP contribution is -2.13. The lowest BCUT2D eigenvalue weighted by Gasteiger charge is -2.11. The average molecular weight is 224 g/mol. The van der Waals surface area contributed by atoms with Gasteiger partial charge in [0.05, 0.1) is 0 Å². The summed E-state index contributed by atoms with van der Waals surface area (Å²) in [5.74, 6) is -0.0297. The highest BCUT2D eigenvalue weighted by Crippen LogP contribution is 2.11. The zero-order valence-electron chi connectivity index (χ0n) is 10.4. The van der Waals surface area contributed by atoms with Crippen LogP contribution >= 0.6 is 0 Å². The van der Waals surface area contributed by atoms with Gasteiger partial charge in [-0.2, -0.15) is 0 Å². The van der Waals surface area contributed by atoms with Crippen molar-refractivity contribution in [1.82, 2.24) is 0 Å². The molecule has 0 N–H and O–H groups in total. The minimum Gasteiger partial charge on any atom is -0.462 e. The number of hydrogen-bond donors (Lipinski definition) is 0. The number of ether oxygens (including phenoxy) is 1. The molecule has 0 fully saturated rings. The first-order chi connectivity index (χ1) is 7.79. The van der Waals surface area contributed by atoms with E-state index in [0.29, 0.717) is 6.42 Å². The summed E-state index contributed by atoms with van der Waals surface area (Å²) in [5.41, 5.74) is 0. The second-order valence-corrected chi connectivity index (χ2v) is 4.67. The lowest BCUT2D eigenvalue weighted by molar-refractivity contribution is -0.148. The number of cyclic esters (lactones) is 1. The van der Waals surface area contributed by atoms with Gasteiger partial charge >= 0.3 is 5.97 Å². The van der Waals surface area contributed by atoms with Crippen molar-refractivity contribution in [1.29, 1.82) is 0 Å². The van der Waals surface area contributed by atoms with Crippen LogP contribution < -0.4 is 0 Å². The fourth-order valence-corrected chi connectivity index (χ4v) is 1.98. The fourth-order valence-electron chi connectivity index (χ4n) is 1.98. The van der Waals surface area contributed by atoms with E-state index < -0.39 is 0 Å². The Labute approximate surface area is 99.1 Å². The summed E-state index contributed by atoms with van der Waals surface area (Å²) in [4.78, 5) is 11.4. The van der Waals surface area contributed by atoms with Crippen LogP contribution in [0.5, 0.6) is 0 Å². The summed E-state index contributed by atoms with van der Waals surface area (Å²) >= 11 is 0. The monoisotopic (exact) mass is 224 g/mol. The van der Waals surface area contributed by atoms with Crippen LogP contribution in [0.3, 0.4) is 0 Å². The molecule has 0 saturated carbocycles. The highest BCUT2D eigenvalue weighted by atomic mass is 16.5. The van der Waals surface area contributed by atoms with Crippen molar-refractivity contribution in [3.05, 3.63) is 12.2 Å². The normalized spacial score (nSPS) is 27.8. The minimum atomic E-state index is -0.0297. The van der Waals surface area contributed by atoms with Gasteiger partial charge in [-0.25, -0.2) is 0 Å². The van der Waals surface area contributed by atoms with E-state index in [0.717, 1.165) is 12.8 Å². The topological polar surface area (TPSA) is 26.3 Å². The number of esters is 1. The van der Waals surface area contributed by atoms with E-state index in [2.05, 4.69) is 12.2 Å². The van der Waals surface area contributed by atoms with Gasteiger partial charge in [0, 0.05) is 12.8 Å². The maximum atomic E-state index is 11.4. The molecule has 1 aliphatic heterocycles. The van der Waals surface area contributed by atoms with Gasteiger partial charge in [0.25, 0.3) is 0 Å². The molecule has 0 saturated heterocycles. The van der Waals surface area contributed by atoms with E-state index in [1.807, 2.05) is 6.92 Å². The van der Waals surface area contributed by atoms with Crippen molar-refractivity contribution in [2.45, 2.75) is 70.8 Å². The van der Waals surface area contributed by atoms with Crippen LogP contribution in [-0.4, -0.2) is 12.1 Å². The molecule has 0 radical (unpaired) electrons. The average Bonchev–Trinajstić information content (AvgIpc) is 2.25. The van der Waals surface area contributed by atoms with Gasteiger partial charge in [-0.15, -0.1) is 0 Å². The van der Waals surface area contributed by atoms with E-state index in [1.165, 1.54) is 38.5 Å². The highest BCUT2D eigenvalue weighted by molar-refractivity contribution is 5.69. The largest absolute Gasteiger partial charge is 0.462 e. The lowest BCUT2D eigenvalue weighted by atomic mass is 10.1. The van der Waals surface area contributed by atoms with Crippen molar-refractivity contribution < 1.29 is 9.53 Å². The molecular formula is C14H24O2. The van der Waals surface area contributed by atoms with Crippen LogP contribution in [-0.2, 0) is 9.53 Å². The number of carbonyl (C=O) groups is 1. The molecule has 1 heterocycles. The number of rotatable bonds is 0. The van der Waals surface area contributed by atoms with Crippen molar-refractivity contribution in [2.24, 2.45) is 0 Å². The molecular weight excluding hydrogens is 200 g/mol. The summed E-state index contributed by atoms with van der Waals surface area (Å²) in [5, 5.41) is 0. The molecule has 92 valence electrons. The molecule has 2 nitrogen and oxygen atoms in total. The van der Waals surface area contributed by atoms with Crippen molar-refractivity contribution in [2.75, 3.05) is 0 Å². The Bertz CT molecular complexity index is 221. The van der Waals surface area contributed by atoms with E-state index in [9.17, 15) is 4.79 Å². The second-order valence-electron chi connectivity index (χ2n) is 4.67. The Morgan fingerprint density at radius 2 is 1.75 bits per heavy atom. The van der Waals surface area contributed by atoms with Crippen LogP contribution in [0, 0.1) is 0 Å². The molecule has 0 aromatic heterocycles. The SMILES string of the molecule is C[C@H]1C/C=C\CCCCCCCCC(=O)O1. The zero-order chi connectivity index (χ0) is 11.6. The predicted octanol–water partition coefficient (Wildman–Crippen LogP) is 4.00. The molecule has 0 amide bonds. The van der Waals surface area contributed by atoms with Gasteiger partial charge in [0.2, 0.25) is 0 Å². The first kappa shape index (κ1) is 13.3. The van der Waals surface area contributed by atoms with Gasteiger partial charge in [0.1, 0.15) is 6.10 Å². The van der Waals surface area contributed by atoms with Crippen LogP contribution in [0.2, 0.25) is 0 Å². The molecule has 0 aromatic rings. The third-order valence-electron chi connectivity index (χ3n) is 2.97. The summed E-state index contributed by atoms with van der Waals surface area (Å²) in [6.07, 6.45) is 14.3. The summed E-state index contributed by atoms with van der Waals surface area (Å²) < 4.78 is 5.30. The van der Waals surface area contributed by atoms with Crippen LogP contribution in [0.1, 0.15) is 64.7 Å². The number of hydrogen-bond acceptors (Lipinski definition) is 2. The van der Waals surface area contributed by atoms with E-state index in [4.69, 9.17) is 4.74 Å². The molecule has 0 aliphatic carbocycles.